The van der Waals surface area contributed by atoms with Crippen LogP contribution < -0.4 is 10.1 Å². The van der Waals surface area contributed by atoms with E-state index in [-0.39, 0.29) is 11.6 Å². The molecule has 0 aliphatic carbocycles. The molecule has 2 rings (SSSR count). The molecule has 0 saturated heterocycles. The van der Waals surface area contributed by atoms with Crippen LogP contribution in [0.1, 0.15) is 30.0 Å². The monoisotopic (exact) mass is 342 g/mol. The van der Waals surface area contributed by atoms with E-state index >= 15 is 0 Å². The van der Waals surface area contributed by atoms with Crippen LogP contribution in [0.15, 0.2) is 36.4 Å². The van der Waals surface area contributed by atoms with Crippen LogP contribution in [-0.2, 0) is 4.79 Å². The smallest absolute Gasteiger partial charge is 0.271 e. The van der Waals surface area contributed by atoms with E-state index in [0.29, 0.717) is 17.9 Å². The first-order chi connectivity index (χ1) is 11.8. The molecule has 2 aromatic carbocycles. The lowest BCUT2D eigenvalue weighted by Gasteiger charge is -2.18. The maximum absolute atomic E-state index is 12.5. The highest BCUT2D eigenvalue weighted by molar-refractivity contribution is 5.95. The van der Waals surface area contributed by atoms with Crippen LogP contribution >= 0.6 is 0 Å². The number of anilines is 1. The number of nitrogens with zero attached hydrogens (tertiary/aromatic N) is 1. The van der Waals surface area contributed by atoms with Crippen molar-refractivity contribution >= 4 is 17.3 Å². The van der Waals surface area contributed by atoms with E-state index in [9.17, 15) is 14.9 Å². The molecule has 0 aromatic heterocycles. The summed E-state index contributed by atoms with van der Waals surface area (Å²) in [4.78, 5) is 23.0. The number of carbonyl (C=O) groups excluding carboxylic acids is 1. The van der Waals surface area contributed by atoms with Crippen molar-refractivity contribution in [2.24, 2.45) is 0 Å². The molecule has 25 heavy (non-hydrogen) atoms. The largest absolute Gasteiger partial charge is 0.481 e. The summed E-state index contributed by atoms with van der Waals surface area (Å²) in [5.74, 6) is 0.306. The number of nitrogens with one attached hydrogen (secondary N) is 1. The van der Waals surface area contributed by atoms with E-state index in [2.05, 4.69) is 5.32 Å². The highest BCUT2D eigenvalue weighted by Gasteiger charge is 2.20. The standard InChI is InChI=1S/C19H22N2O4/c1-5-18(25-16-9-12(2)8-13(3)10-16)19(22)20-17-11-15(21(23)24)7-6-14(17)4/h6-11,18H,5H2,1-4H3,(H,20,22). The van der Waals surface area contributed by atoms with Gasteiger partial charge in [0.1, 0.15) is 5.75 Å². The van der Waals surface area contributed by atoms with Gasteiger partial charge in [0.25, 0.3) is 11.6 Å². The third-order valence-corrected chi connectivity index (χ3v) is 3.83. The summed E-state index contributed by atoms with van der Waals surface area (Å²) in [6.07, 6.45) is -0.202. The number of hydrogen-bond acceptors (Lipinski definition) is 4. The fraction of sp³-hybridized carbons (Fsp3) is 0.316. The van der Waals surface area contributed by atoms with E-state index < -0.39 is 11.0 Å². The number of nitro benzene ring substituents is 1. The second-order valence-corrected chi connectivity index (χ2v) is 6.08. The molecule has 0 bridgehead atoms. The summed E-state index contributed by atoms with van der Waals surface area (Å²) >= 11 is 0. The molecule has 2 aromatic rings. The Kier molecular flexibility index (Phi) is 5.75. The van der Waals surface area contributed by atoms with Gasteiger partial charge in [0.15, 0.2) is 6.10 Å². The molecule has 6 heteroatoms. The molecule has 1 N–H and O–H groups in total. The average Bonchev–Trinajstić information content (AvgIpc) is 2.53. The number of carbonyl (C=O) groups is 1. The quantitative estimate of drug-likeness (QED) is 0.626. The Balaban J connectivity index is 2.17. The lowest BCUT2D eigenvalue weighted by Crippen LogP contribution is -2.32. The summed E-state index contributed by atoms with van der Waals surface area (Å²) in [7, 11) is 0. The van der Waals surface area contributed by atoms with Crippen LogP contribution in [0.2, 0.25) is 0 Å². The maximum Gasteiger partial charge on any atom is 0.271 e. The van der Waals surface area contributed by atoms with Crippen LogP contribution in [0.25, 0.3) is 0 Å². The Morgan fingerprint density at radius 2 is 1.80 bits per heavy atom. The van der Waals surface area contributed by atoms with Crippen molar-refractivity contribution in [3.8, 4) is 5.75 Å². The minimum absolute atomic E-state index is 0.0656. The van der Waals surface area contributed by atoms with Crippen molar-refractivity contribution < 1.29 is 14.5 Å². The van der Waals surface area contributed by atoms with Gasteiger partial charge in [-0.1, -0.05) is 19.1 Å². The summed E-state index contributed by atoms with van der Waals surface area (Å²) in [5.41, 5.74) is 3.21. The van der Waals surface area contributed by atoms with Crippen LogP contribution in [0.5, 0.6) is 5.75 Å². The van der Waals surface area contributed by atoms with Crippen molar-refractivity contribution in [1.29, 1.82) is 0 Å². The predicted molar refractivity (Wildman–Crippen MR) is 97.1 cm³/mol. The van der Waals surface area contributed by atoms with Gasteiger partial charge in [-0.3, -0.25) is 14.9 Å². The first-order valence-corrected chi connectivity index (χ1v) is 8.11. The Bertz CT molecular complexity index is 782. The molecule has 0 radical (unpaired) electrons. The van der Waals surface area contributed by atoms with Gasteiger partial charge in [-0.25, -0.2) is 0 Å². The number of nitro groups is 1. The summed E-state index contributed by atoms with van der Waals surface area (Å²) in [6, 6.07) is 10.2. The maximum atomic E-state index is 12.5. The fourth-order valence-electron chi connectivity index (χ4n) is 2.56. The van der Waals surface area contributed by atoms with E-state index in [4.69, 9.17) is 4.74 Å². The number of non-ortho nitro benzene ring substituents is 1. The Morgan fingerprint density at radius 3 is 2.36 bits per heavy atom. The zero-order valence-corrected chi connectivity index (χ0v) is 14.8. The van der Waals surface area contributed by atoms with Gasteiger partial charge in [0.05, 0.1) is 10.6 Å². The zero-order valence-electron chi connectivity index (χ0n) is 14.8. The van der Waals surface area contributed by atoms with E-state index in [1.165, 1.54) is 12.1 Å². The molecule has 0 heterocycles. The highest BCUT2D eigenvalue weighted by atomic mass is 16.6. The summed E-state index contributed by atoms with van der Waals surface area (Å²) in [5, 5.41) is 13.7. The molecule has 1 unspecified atom stereocenters. The average molecular weight is 342 g/mol. The van der Waals surface area contributed by atoms with Crippen LogP contribution in [-0.4, -0.2) is 16.9 Å². The zero-order chi connectivity index (χ0) is 18.6. The normalized spacial score (nSPS) is 11.7. The lowest BCUT2D eigenvalue weighted by molar-refractivity contribution is -0.384. The molecule has 6 nitrogen and oxygen atoms in total. The minimum Gasteiger partial charge on any atom is -0.481 e. The van der Waals surface area contributed by atoms with Gasteiger partial charge < -0.3 is 10.1 Å². The number of benzene rings is 2. The molecular weight excluding hydrogens is 320 g/mol. The van der Waals surface area contributed by atoms with Crippen molar-refractivity contribution in [2.75, 3.05) is 5.32 Å². The lowest BCUT2D eigenvalue weighted by atomic mass is 10.1. The van der Waals surface area contributed by atoms with Crippen LogP contribution in [0.4, 0.5) is 11.4 Å². The third-order valence-electron chi connectivity index (χ3n) is 3.83. The minimum atomic E-state index is -0.681. The van der Waals surface area contributed by atoms with Crippen LogP contribution in [0.3, 0.4) is 0 Å². The molecule has 0 spiro atoms. The Hall–Kier alpha value is -2.89. The van der Waals surface area contributed by atoms with E-state index in [0.717, 1.165) is 16.7 Å². The highest BCUT2D eigenvalue weighted by Crippen LogP contribution is 2.23. The fourth-order valence-corrected chi connectivity index (χ4v) is 2.56. The second-order valence-electron chi connectivity index (χ2n) is 6.08. The second kappa shape index (κ2) is 7.79. The van der Waals surface area contributed by atoms with Gasteiger partial charge in [-0.2, -0.15) is 0 Å². The van der Waals surface area contributed by atoms with Gasteiger partial charge in [0.2, 0.25) is 0 Å². The molecule has 1 atom stereocenters. The van der Waals surface area contributed by atoms with Crippen molar-refractivity contribution in [3.63, 3.8) is 0 Å². The van der Waals surface area contributed by atoms with Crippen molar-refractivity contribution in [1.82, 2.24) is 0 Å². The Morgan fingerprint density at radius 1 is 1.16 bits per heavy atom. The number of rotatable bonds is 6. The molecule has 0 aliphatic rings. The molecule has 0 saturated carbocycles. The van der Waals surface area contributed by atoms with Gasteiger partial charge >= 0.3 is 0 Å². The van der Waals surface area contributed by atoms with Crippen molar-refractivity contribution in [3.05, 3.63) is 63.2 Å². The number of ether oxygens (including phenoxy) is 1. The molecule has 0 fully saturated rings. The van der Waals surface area contributed by atoms with Crippen molar-refractivity contribution in [2.45, 2.75) is 40.2 Å². The van der Waals surface area contributed by atoms with Gasteiger partial charge in [-0.15, -0.1) is 0 Å². The number of amides is 1. The molecule has 1 amide bonds. The van der Waals surface area contributed by atoms with Crippen LogP contribution in [0, 0.1) is 30.9 Å². The van der Waals surface area contributed by atoms with E-state index in [1.807, 2.05) is 39.0 Å². The Labute approximate surface area is 147 Å². The summed E-state index contributed by atoms with van der Waals surface area (Å²) in [6.45, 7) is 7.57. The number of aryl methyl sites for hydroxylation is 3. The van der Waals surface area contributed by atoms with Gasteiger partial charge in [0, 0.05) is 12.1 Å². The topological polar surface area (TPSA) is 81.5 Å². The molecule has 132 valence electrons. The van der Waals surface area contributed by atoms with E-state index in [1.54, 1.807) is 13.0 Å². The molecular formula is C19H22N2O4. The SMILES string of the molecule is CCC(Oc1cc(C)cc(C)c1)C(=O)Nc1cc([N+](=O)[O-])ccc1C. The predicted octanol–water partition coefficient (Wildman–Crippen LogP) is 4.32. The van der Waals surface area contributed by atoms with Gasteiger partial charge in [-0.05, 0) is 56.0 Å². The molecule has 0 aliphatic heterocycles. The third kappa shape index (κ3) is 4.79. The first-order valence-electron chi connectivity index (χ1n) is 8.11. The first kappa shape index (κ1) is 18.4. The number of hydrogen-bond donors (Lipinski definition) is 1. The summed E-state index contributed by atoms with van der Waals surface area (Å²) < 4.78 is 5.83.